The number of nitrogens with zero attached hydrogens (tertiary/aromatic N) is 2. The van der Waals surface area contributed by atoms with E-state index in [-0.39, 0.29) is 10.9 Å². The molecule has 1 saturated heterocycles. The van der Waals surface area contributed by atoms with Gasteiger partial charge < -0.3 is 4.52 Å². The summed E-state index contributed by atoms with van der Waals surface area (Å²) < 4.78 is 32.6. The lowest BCUT2D eigenvalue weighted by molar-refractivity contribution is 0.379. The molecule has 1 aliphatic heterocycles. The van der Waals surface area contributed by atoms with Crippen LogP contribution in [0.1, 0.15) is 29.9 Å². The van der Waals surface area contributed by atoms with Crippen LogP contribution in [0.25, 0.3) is 0 Å². The van der Waals surface area contributed by atoms with Crippen LogP contribution in [-0.4, -0.2) is 30.5 Å². The van der Waals surface area contributed by atoms with Crippen LogP contribution in [0.3, 0.4) is 0 Å². The number of hydrogen-bond acceptors (Lipinski definition) is 4. The fraction of sp³-hybridized carbons (Fsp3) is 0.438. The predicted molar refractivity (Wildman–Crippen MR) is 83.0 cm³/mol. The van der Waals surface area contributed by atoms with Crippen molar-refractivity contribution in [2.45, 2.75) is 44.0 Å². The molecule has 0 aliphatic carbocycles. The average Bonchev–Trinajstić information content (AvgIpc) is 3.07. The van der Waals surface area contributed by atoms with Crippen molar-refractivity contribution in [3.05, 3.63) is 47.3 Å². The number of hydrogen-bond donors (Lipinski definition) is 0. The Morgan fingerprint density at radius 2 is 2.00 bits per heavy atom. The molecule has 0 bridgehead atoms. The SMILES string of the molecule is Cc1noc(C)c1S(=O)(=O)N1CCC[C@H]1Cc1ccccc1. The molecule has 2 aromatic rings. The minimum absolute atomic E-state index is 0.00102. The molecular formula is C16H20N2O3S. The summed E-state index contributed by atoms with van der Waals surface area (Å²) in [7, 11) is -3.55. The summed E-state index contributed by atoms with van der Waals surface area (Å²) in [6.07, 6.45) is 2.51. The first-order valence-electron chi connectivity index (χ1n) is 7.49. The number of benzene rings is 1. The van der Waals surface area contributed by atoms with Crippen molar-refractivity contribution in [1.82, 2.24) is 9.46 Å². The Morgan fingerprint density at radius 1 is 1.27 bits per heavy atom. The van der Waals surface area contributed by atoms with Crippen LogP contribution in [0, 0.1) is 13.8 Å². The predicted octanol–water partition coefficient (Wildman–Crippen LogP) is 2.69. The van der Waals surface area contributed by atoms with Gasteiger partial charge in [-0.2, -0.15) is 4.31 Å². The number of aryl methyl sites for hydroxylation is 2. The van der Waals surface area contributed by atoms with Gasteiger partial charge >= 0.3 is 0 Å². The van der Waals surface area contributed by atoms with Gasteiger partial charge in [0.25, 0.3) is 0 Å². The third-order valence-electron chi connectivity index (χ3n) is 4.17. The molecule has 22 heavy (non-hydrogen) atoms. The zero-order valence-corrected chi connectivity index (χ0v) is 13.6. The summed E-state index contributed by atoms with van der Waals surface area (Å²) in [4.78, 5) is 0.229. The zero-order valence-electron chi connectivity index (χ0n) is 12.8. The Morgan fingerprint density at radius 3 is 2.64 bits per heavy atom. The first-order chi connectivity index (χ1) is 10.5. The van der Waals surface area contributed by atoms with Gasteiger partial charge in [-0.15, -0.1) is 0 Å². The lowest BCUT2D eigenvalue weighted by Gasteiger charge is -2.24. The van der Waals surface area contributed by atoms with Crippen LogP contribution < -0.4 is 0 Å². The number of aromatic nitrogens is 1. The van der Waals surface area contributed by atoms with Crippen molar-refractivity contribution < 1.29 is 12.9 Å². The van der Waals surface area contributed by atoms with E-state index in [1.54, 1.807) is 18.2 Å². The van der Waals surface area contributed by atoms with E-state index in [4.69, 9.17) is 4.52 Å². The van der Waals surface area contributed by atoms with E-state index in [2.05, 4.69) is 5.16 Å². The third-order valence-corrected chi connectivity index (χ3v) is 6.37. The molecule has 5 nitrogen and oxygen atoms in total. The van der Waals surface area contributed by atoms with E-state index < -0.39 is 10.0 Å². The number of rotatable bonds is 4. The molecule has 2 heterocycles. The highest BCUT2D eigenvalue weighted by atomic mass is 32.2. The van der Waals surface area contributed by atoms with Crippen molar-refractivity contribution in [2.75, 3.05) is 6.54 Å². The largest absolute Gasteiger partial charge is 0.360 e. The van der Waals surface area contributed by atoms with Crippen molar-refractivity contribution in [3.63, 3.8) is 0 Å². The maximum absolute atomic E-state index is 13.0. The van der Waals surface area contributed by atoms with Gasteiger partial charge in [0.2, 0.25) is 10.0 Å². The van der Waals surface area contributed by atoms with Gasteiger partial charge in [0.15, 0.2) is 5.76 Å². The molecule has 3 rings (SSSR count). The lowest BCUT2D eigenvalue weighted by atomic mass is 10.1. The maximum atomic E-state index is 13.0. The minimum Gasteiger partial charge on any atom is -0.360 e. The van der Waals surface area contributed by atoms with Crippen molar-refractivity contribution >= 4 is 10.0 Å². The Kier molecular flexibility index (Phi) is 4.06. The van der Waals surface area contributed by atoms with Crippen molar-refractivity contribution in [1.29, 1.82) is 0 Å². The molecule has 0 N–H and O–H groups in total. The maximum Gasteiger partial charge on any atom is 0.248 e. The third kappa shape index (κ3) is 2.68. The van der Waals surface area contributed by atoms with Gasteiger partial charge in [-0.05, 0) is 38.7 Å². The van der Waals surface area contributed by atoms with E-state index >= 15 is 0 Å². The van der Waals surface area contributed by atoms with E-state index in [0.717, 1.165) is 24.8 Å². The van der Waals surface area contributed by atoms with Gasteiger partial charge in [0.05, 0.1) is 0 Å². The van der Waals surface area contributed by atoms with Crippen LogP contribution in [0.15, 0.2) is 39.8 Å². The molecular weight excluding hydrogens is 300 g/mol. The highest BCUT2D eigenvalue weighted by Crippen LogP contribution is 2.31. The van der Waals surface area contributed by atoms with E-state index in [9.17, 15) is 8.42 Å². The summed E-state index contributed by atoms with van der Waals surface area (Å²) in [6.45, 7) is 3.88. The van der Waals surface area contributed by atoms with Gasteiger partial charge in [0, 0.05) is 12.6 Å². The van der Waals surface area contributed by atoms with Crippen LogP contribution in [0.4, 0.5) is 0 Å². The number of sulfonamides is 1. The lowest BCUT2D eigenvalue weighted by Crippen LogP contribution is -2.37. The minimum atomic E-state index is -3.55. The van der Waals surface area contributed by atoms with Gasteiger partial charge in [-0.3, -0.25) is 0 Å². The highest BCUT2D eigenvalue weighted by Gasteiger charge is 2.38. The van der Waals surface area contributed by atoms with Crippen LogP contribution in [0.5, 0.6) is 0 Å². The van der Waals surface area contributed by atoms with Crippen molar-refractivity contribution in [3.8, 4) is 0 Å². The molecule has 0 spiro atoms. The van der Waals surface area contributed by atoms with Gasteiger partial charge in [-0.25, -0.2) is 8.42 Å². The Hall–Kier alpha value is -1.66. The second-order valence-electron chi connectivity index (χ2n) is 5.75. The van der Waals surface area contributed by atoms with Crippen LogP contribution in [0.2, 0.25) is 0 Å². The van der Waals surface area contributed by atoms with E-state index in [0.29, 0.717) is 18.0 Å². The molecule has 118 valence electrons. The molecule has 1 fully saturated rings. The van der Waals surface area contributed by atoms with Crippen LogP contribution >= 0.6 is 0 Å². The molecule has 1 aromatic carbocycles. The monoisotopic (exact) mass is 320 g/mol. The van der Waals surface area contributed by atoms with E-state index in [1.807, 2.05) is 30.3 Å². The van der Waals surface area contributed by atoms with E-state index in [1.165, 1.54) is 0 Å². The smallest absolute Gasteiger partial charge is 0.248 e. The summed E-state index contributed by atoms with van der Waals surface area (Å²) in [5.74, 6) is 0.364. The first kappa shape index (κ1) is 15.2. The van der Waals surface area contributed by atoms with Crippen LogP contribution in [-0.2, 0) is 16.4 Å². The topological polar surface area (TPSA) is 63.4 Å². The average molecular weight is 320 g/mol. The second-order valence-corrected chi connectivity index (χ2v) is 7.58. The fourth-order valence-corrected chi connectivity index (χ4v) is 5.16. The first-order valence-corrected chi connectivity index (χ1v) is 8.93. The quantitative estimate of drug-likeness (QED) is 0.869. The normalized spacial score (nSPS) is 19.6. The molecule has 6 heteroatoms. The molecule has 0 radical (unpaired) electrons. The standard InChI is InChI=1S/C16H20N2O3S/c1-12-16(13(2)21-17-12)22(19,20)18-10-6-9-15(18)11-14-7-4-3-5-8-14/h3-5,7-8,15H,6,9-11H2,1-2H3/t15-/m0/s1. The summed E-state index contributed by atoms with van der Waals surface area (Å²) in [6, 6.07) is 10.0. The van der Waals surface area contributed by atoms with Crippen molar-refractivity contribution in [2.24, 2.45) is 0 Å². The summed E-state index contributed by atoms with van der Waals surface area (Å²) in [5.41, 5.74) is 1.59. The second kappa shape index (κ2) is 5.85. The zero-order chi connectivity index (χ0) is 15.7. The Labute approximate surface area is 131 Å². The Balaban J connectivity index is 1.90. The van der Waals surface area contributed by atoms with Gasteiger partial charge in [-0.1, -0.05) is 35.5 Å². The molecule has 0 amide bonds. The summed E-state index contributed by atoms with van der Waals surface area (Å²) in [5, 5.41) is 3.78. The Bertz CT molecular complexity index is 733. The molecule has 0 unspecified atom stereocenters. The summed E-state index contributed by atoms with van der Waals surface area (Å²) >= 11 is 0. The molecule has 0 saturated carbocycles. The molecule has 1 aromatic heterocycles. The molecule has 1 aliphatic rings. The van der Waals surface area contributed by atoms with Gasteiger partial charge in [0.1, 0.15) is 10.6 Å². The fourth-order valence-electron chi connectivity index (χ4n) is 3.18. The highest BCUT2D eigenvalue weighted by molar-refractivity contribution is 7.89. The molecule has 1 atom stereocenters.